The summed E-state index contributed by atoms with van der Waals surface area (Å²) in [7, 11) is 2.15. The largest absolute Gasteiger partial charge is 0.453 e. The zero-order chi connectivity index (χ0) is 33.8. The van der Waals surface area contributed by atoms with Crippen LogP contribution in [0, 0.1) is 0 Å². The topological polar surface area (TPSA) is 185 Å². The number of methoxy groups -OCH3 is 2. The maximum Gasteiger partial charge on any atom is 0.406 e. The molecule has 244 valence electrons. The minimum Gasteiger partial charge on any atom is -0.453 e. The Hall–Kier alpha value is -5.25. The first-order chi connectivity index (χ1) is 23.2. The molecule has 5 aromatic rings. The molecule has 2 aromatic heterocycles. The Kier molecular flexibility index (Phi) is 9.70. The molecule has 13 nitrogen and oxygen atoms in total. The molecule has 0 aliphatic heterocycles. The van der Waals surface area contributed by atoms with E-state index in [-0.39, 0.29) is 59.9 Å². The number of hydrogen-bond donors (Lipinski definition) is 4. The summed E-state index contributed by atoms with van der Waals surface area (Å²) in [6.45, 7) is 0.375. The van der Waals surface area contributed by atoms with Gasteiger partial charge < -0.3 is 30.1 Å². The van der Waals surface area contributed by atoms with Crippen LogP contribution in [-0.4, -0.2) is 76.3 Å². The zero-order valence-electron chi connectivity index (χ0n) is 25.9. The molecule has 48 heavy (non-hydrogen) atoms. The Morgan fingerprint density at radius 1 is 0.708 bits per heavy atom. The smallest absolute Gasteiger partial charge is 0.406 e. The van der Waals surface area contributed by atoms with Gasteiger partial charge in [-0.2, -0.15) is 0 Å². The number of ether oxygens (including phenoxy) is 2. The van der Waals surface area contributed by atoms with Gasteiger partial charge in [0.2, 0.25) is 0 Å². The molecule has 0 fully saturated rings. The van der Waals surface area contributed by atoms with Crippen molar-refractivity contribution in [2.75, 3.05) is 27.3 Å². The third-order valence-corrected chi connectivity index (χ3v) is 9.67. The van der Waals surface area contributed by atoms with E-state index in [1.54, 1.807) is 6.20 Å². The predicted molar refractivity (Wildman–Crippen MR) is 184 cm³/mol. The number of nitrogens with zero attached hydrogens (tertiary/aromatic N) is 2. The number of rotatable bonds is 12. The highest BCUT2D eigenvalue weighted by atomic mass is 31.1. The maximum atomic E-state index is 13.6. The van der Waals surface area contributed by atoms with Crippen molar-refractivity contribution in [3.63, 3.8) is 0 Å². The molecular formula is C33H30N6O7P2. The third-order valence-electron chi connectivity index (χ3n) is 7.65. The number of carbonyl (C=O) groups is 5. The lowest BCUT2D eigenvalue weighted by Gasteiger charge is -2.05. The van der Waals surface area contributed by atoms with Crippen LogP contribution in [-0.2, 0) is 19.1 Å². The fourth-order valence-corrected chi connectivity index (χ4v) is 7.02. The zero-order valence-corrected chi connectivity index (χ0v) is 27.9. The molecule has 1 aliphatic rings. The number of aromatic amines is 2. The first-order valence-corrected chi connectivity index (χ1v) is 16.8. The number of fused-ring (bicyclic) bond motifs is 4. The summed E-state index contributed by atoms with van der Waals surface area (Å²) in [5.41, 5.74) is 8.60. The van der Waals surface area contributed by atoms with Gasteiger partial charge in [-0.1, -0.05) is 30.3 Å². The lowest BCUT2D eigenvalue weighted by Crippen LogP contribution is -2.25. The second kappa shape index (κ2) is 14.3. The van der Waals surface area contributed by atoms with E-state index in [1.807, 2.05) is 54.6 Å². The number of benzene rings is 3. The second-order valence-electron chi connectivity index (χ2n) is 10.7. The Labute approximate surface area is 277 Å². The number of aromatic nitrogens is 4. The third kappa shape index (κ3) is 7.17. The Bertz CT molecular complexity index is 2090. The fraction of sp³-hybridized carbons (Fsp3) is 0.182. The first kappa shape index (κ1) is 32.7. The highest BCUT2D eigenvalue weighted by molar-refractivity contribution is 7.65. The Morgan fingerprint density at radius 2 is 1.27 bits per heavy atom. The van der Waals surface area contributed by atoms with Crippen LogP contribution in [0.25, 0.3) is 44.5 Å². The summed E-state index contributed by atoms with van der Waals surface area (Å²) in [6.07, 6.45) is 0.811. The average molecular weight is 685 g/mol. The van der Waals surface area contributed by atoms with Crippen molar-refractivity contribution >= 4 is 68.3 Å². The predicted octanol–water partition coefficient (Wildman–Crippen LogP) is 3.98. The highest BCUT2D eigenvalue weighted by Crippen LogP contribution is 2.40. The lowest BCUT2D eigenvalue weighted by molar-refractivity contribution is -0.111. The van der Waals surface area contributed by atoms with Crippen LogP contribution >= 0.6 is 17.2 Å². The number of imidazole rings is 2. The van der Waals surface area contributed by atoms with Crippen molar-refractivity contribution in [1.82, 2.24) is 30.6 Å². The van der Waals surface area contributed by atoms with Crippen LogP contribution < -0.4 is 21.8 Å². The molecule has 2 heterocycles. The van der Waals surface area contributed by atoms with Gasteiger partial charge in [-0.15, -0.1) is 0 Å². The highest BCUT2D eigenvalue weighted by Gasteiger charge is 2.28. The molecule has 0 saturated heterocycles. The van der Waals surface area contributed by atoms with Gasteiger partial charge in [0.1, 0.15) is 11.1 Å². The minimum absolute atomic E-state index is 0.0455. The number of hydrogen-bond acceptors (Lipinski definition) is 9. The fourth-order valence-electron chi connectivity index (χ4n) is 5.30. The van der Waals surface area contributed by atoms with Crippen molar-refractivity contribution in [2.45, 2.75) is 12.8 Å². The monoisotopic (exact) mass is 684 g/mol. The summed E-state index contributed by atoms with van der Waals surface area (Å²) < 4.78 is 9.02. The van der Waals surface area contributed by atoms with Crippen LogP contribution in [0.3, 0.4) is 0 Å². The second-order valence-corrected chi connectivity index (χ2v) is 13.3. The molecule has 0 saturated carbocycles. The van der Waals surface area contributed by atoms with Gasteiger partial charge in [0.15, 0.2) is 16.8 Å². The molecule has 0 bridgehead atoms. The van der Waals surface area contributed by atoms with E-state index in [1.165, 1.54) is 14.2 Å². The number of alkyl carbamates (subject to hydrolysis) is 2. The summed E-state index contributed by atoms with van der Waals surface area (Å²) in [5, 5.41) is 4.98. The van der Waals surface area contributed by atoms with Gasteiger partial charge >= 0.3 is 12.2 Å². The quantitative estimate of drug-likeness (QED) is 0.138. The van der Waals surface area contributed by atoms with E-state index in [0.29, 0.717) is 28.0 Å². The van der Waals surface area contributed by atoms with E-state index < -0.39 is 12.2 Å². The van der Waals surface area contributed by atoms with Gasteiger partial charge in [-0.25, -0.2) is 19.6 Å². The van der Waals surface area contributed by atoms with Crippen LogP contribution in [0.15, 0.2) is 60.8 Å². The van der Waals surface area contributed by atoms with Crippen LogP contribution in [0.2, 0.25) is 0 Å². The summed E-state index contributed by atoms with van der Waals surface area (Å²) >= 11 is 0. The SMILES string of the molecule is COC(=O)NCCC(=O)Pc1ncc(-c2ccc3c(c2)C(=O)c2cc(-c4ccc5nc(PC(=O)CCNC(=O)OC)[nH]c5c4)ccc2-3)[nH]1. The van der Waals surface area contributed by atoms with Crippen LogP contribution in [0.5, 0.6) is 0 Å². The van der Waals surface area contributed by atoms with Crippen molar-refractivity contribution in [3.05, 3.63) is 71.9 Å². The molecule has 1 aliphatic carbocycles. The van der Waals surface area contributed by atoms with Gasteiger partial charge in [0.25, 0.3) is 0 Å². The lowest BCUT2D eigenvalue weighted by atomic mass is 9.98. The molecule has 3 aromatic carbocycles. The van der Waals surface area contributed by atoms with Crippen LogP contribution in [0.1, 0.15) is 28.8 Å². The number of ketones is 1. The Morgan fingerprint density at radius 3 is 1.92 bits per heavy atom. The van der Waals surface area contributed by atoms with Gasteiger partial charge in [-0.05, 0) is 46.5 Å². The van der Waals surface area contributed by atoms with E-state index in [4.69, 9.17) is 0 Å². The minimum atomic E-state index is -0.586. The van der Waals surface area contributed by atoms with Crippen molar-refractivity contribution < 1.29 is 33.4 Å². The van der Waals surface area contributed by atoms with Crippen LogP contribution in [0.4, 0.5) is 9.59 Å². The van der Waals surface area contributed by atoms with Gasteiger partial charge in [0, 0.05) is 59.8 Å². The van der Waals surface area contributed by atoms with E-state index >= 15 is 0 Å². The summed E-state index contributed by atoms with van der Waals surface area (Å²) in [6, 6.07) is 17.3. The first-order valence-electron chi connectivity index (χ1n) is 14.8. The normalized spacial score (nSPS) is 12.1. The molecule has 2 unspecified atom stereocenters. The molecule has 4 N–H and O–H groups in total. The molecule has 6 rings (SSSR count). The number of amides is 2. The van der Waals surface area contributed by atoms with Gasteiger partial charge in [-0.3, -0.25) is 14.4 Å². The standard InChI is InChI=1S/C33H30N6O7P2/c1-45-32(43)34-11-9-27(40)47-30-36-16-26(39-30)19-4-7-21-20-6-3-17(13-22(20)29(42)23(21)14-19)18-5-8-24-25(15-18)38-31(37-24)48-28(41)10-12-35-33(44)46-2/h3-8,13-16,47-48H,9-12H2,1-2H3,(H,34,43)(H,35,44)(H,36,39)(H,37,38). The maximum absolute atomic E-state index is 13.6. The summed E-state index contributed by atoms with van der Waals surface area (Å²) in [4.78, 5) is 76.0. The Balaban J connectivity index is 1.13. The van der Waals surface area contributed by atoms with E-state index in [0.717, 1.165) is 38.9 Å². The van der Waals surface area contributed by atoms with E-state index in [2.05, 4.69) is 40.0 Å². The van der Waals surface area contributed by atoms with Gasteiger partial charge in [0.05, 0.1) is 37.1 Å². The number of H-pyrrole nitrogens is 2. The molecular weight excluding hydrogens is 654 g/mol. The van der Waals surface area contributed by atoms with Crippen molar-refractivity contribution in [3.8, 4) is 33.5 Å². The number of nitrogens with one attached hydrogen (secondary N) is 4. The molecule has 0 radical (unpaired) electrons. The van der Waals surface area contributed by atoms with Crippen molar-refractivity contribution in [1.29, 1.82) is 0 Å². The average Bonchev–Trinajstić information content (AvgIpc) is 3.79. The molecule has 2 atom stereocenters. The van der Waals surface area contributed by atoms with E-state index in [9.17, 15) is 24.0 Å². The van der Waals surface area contributed by atoms with Crippen molar-refractivity contribution in [2.24, 2.45) is 0 Å². The molecule has 15 heteroatoms. The molecule has 0 spiro atoms. The molecule has 2 amide bonds. The number of carbonyl (C=O) groups excluding carboxylic acids is 5. The summed E-state index contributed by atoms with van der Waals surface area (Å²) in [5.74, 6) is -0.0788.